The third kappa shape index (κ3) is 2.68. The van der Waals surface area contributed by atoms with Crippen LogP contribution in [0.25, 0.3) is 0 Å². The first-order valence-electron chi connectivity index (χ1n) is 5.41. The average molecular weight is 252 g/mol. The van der Waals surface area contributed by atoms with Crippen LogP contribution >= 0.6 is 24.0 Å². The molecule has 1 aliphatic rings. The molecule has 1 heterocycles. The highest BCUT2D eigenvalue weighted by Crippen LogP contribution is 2.22. The lowest BCUT2D eigenvalue weighted by atomic mass is 10.1. The summed E-state index contributed by atoms with van der Waals surface area (Å²) in [5.74, 6) is 2.47. The molecule has 0 spiro atoms. The minimum atomic E-state index is 0.473. The fourth-order valence-electron chi connectivity index (χ4n) is 1.91. The molecule has 0 bridgehead atoms. The van der Waals surface area contributed by atoms with Gasteiger partial charge in [0.15, 0.2) is 0 Å². The summed E-state index contributed by atoms with van der Waals surface area (Å²) in [6, 6.07) is 6.80. The molecule has 1 saturated heterocycles. The number of hydrogen-bond donors (Lipinski definition) is 2. The SMILES string of the molecule is Cc1cc(NC2CCSC2)ccc1C(N)=S. The van der Waals surface area contributed by atoms with Crippen molar-refractivity contribution >= 4 is 34.7 Å². The lowest BCUT2D eigenvalue weighted by Crippen LogP contribution is -2.18. The van der Waals surface area contributed by atoms with Gasteiger partial charge in [-0.05, 0) is 42.9 Å². The van der Waals surface area contributed by atoms with Crippen LogP contribution in [-0.4, -0.2) is 22.5 Å². The Kier molecular flexibility index (Phi) is 3.71. The first kappa shape index (κ1) is 11.7. The summed E-state index contributed by atoms with van der Waals surface area (Å²) >= 11 is 7.00. The maximum absolute atomic E-state index is 5.64. The highest BCUT2D eigenvalue weighted by atomic mass is 32.2. The molecular formula is C12H16N2S2. The van der Waals surface area contributed by atoms with Crippen molar-refractivity contribution in [1.29, 1.82) is 0 Å². The normalized spacial score (nSPS) is 19.7. The maximum atomic E-state index is 5.64. The number of thioether (sulfide) groups is 1. The first-order chi connectivity index (χ1) is 7.66. The first-order valence-corrected chi connectivity index (χ1v) is 6.98. The van der Waals surface area contributed by atoms with Gasteiger partial charge >= 0.3 is 0 Å². The predicted octanol–water partition coefficient (Wildman–Crippen LogP) is 2.55. The Balaban J connectivity index is 2.11. The van der Waals surface area contributed by atoms with E-state index in [1.165, 1.54) is 23.6 Å². The number of aryl methyl sites for hydroxylation is 1. The van der Waals surface area contributed by atoms with Crippen LogP contribution in [0.1, 0.15) is 17.5 Å². The molecule has 0 aliphatic carbocycles. The topological polar surface area (TPSA) is 38.0 Å². The zero-order valence-corrected chi connectivity index (χ0v) is 11.0. The Morgan fingerprint density at radius 2 is 2.38 bits per heavy atom. The molecule has 0 amide bonds. The Morgan fingerprint density at radius 3 is 2.94 bits per heavy atom. The molecule has 1 aromatic carbocycles. The van der Waals surface area contributed by atoms with Crippen molar-refractivity contribution in [2.75, 3.05) is 16.8 Å². The molecule has 86 valence electrons. The quantitative estimate of drug-likeness (QED) is 0.811. The van der Waals surface area contributed by atoms with Crippen LogP contribution in [0.15, 0.2) is 18.2 Å². The second kappa shape index (κ2) is 5.06. The molecule has 1 aromatic rings. The summed E-state index contributed by atoms with van der Waals surface area (Å²) < 4.78 is 0. The Hall–Kier alpha value is -0.740. The second-order valence-corrected chi connectivity index (χ2v) is 5.69. The fraction of sp³-hybridized carbons (Fsp3) is 0.417. The summed E-state index contributed by atoms with van der Waals surface area (Å²) in [7, 11) is 0. The standard InChI is InChI=1S/C12H16N2S2/c1-8-6-9(2-3-11(8)12(13)15)14-10-4-5-16-7-10/h2-3,6,10,14H,4-5,7H2,1H3,(H2,13,15). The second-order valence-electron chi connectivity index (χ2n) is 4.10. The average Bonchev–Trinajstić information content (AvgIpc) is 2.70. The monoisotopic (exact) mass is 252 g/mol. The molecule has 1 fully saturated rings. The number of hydrogen-bond acceptors (Lipinski definition) is 3. The van der Waals surface area contributed by atoms with Crippen molar-refractivity contribution in [3.05, 3.63) is 29.3 Å². The van der Waals surface area contributed by atoms with Crippen molar-refractivity contribution in [3.63, 3.8) is 0 Å². The third-order valence-electron chi connectivity index (χ3n) is 2.79. The van der Waals surface area contributed by atoms with Crippen LogP contribution in [-0.2, 0) is 0 Å². The smallest absolute Gasteiger partial charge is 0.104 e. The van der Waals surface area contributed by atoms with E-state index in [-0.39, 0.29) is 0 Å². The van der Waals surface area contributed by atoms with Gasteiger partial charge in [-0.3, -0.25) is 0 Å². The summed E-state index contributed by atoms with van der Waals surface area (Å²) in [6.45, 7) is 2.04. The van der Waals surface area contributed by atoms with E-state index in [0.29, 0.717) is 11.0 Å². The van der Waals surface area contributed by atoms with E-state index in [2.05, 4.69) is 17.4 Å². The van der Waals surface area contributed by atoms with Crippen molar-refractivity contribution in [2.24, 2.45) is 5.73 Å². The van der Waals surface area contributed by atoms with Crippen molar-refractivity contribution < 1.29 is 0 Å². The molecule has 0 radical (unpaired) electrons. The van der Waals surface area contributed by atoms with E-state index in [4.69, 9.17) is 18.0 Å². The molecule has 4 heteroatoms. The van der Waals surface area contributed by atoms with Gasteiger partial charge in [-0.1, -0.05) is 12.2 Å². The van der Waals surface area contributed by atoms with E-state index in [0.717, 1.165) is 11.1 Å². The van der Waals surface area contributed by atoms with Crippen molar-refractivity contribution in [2.45, 2.75) is 19.4 Å². The van der Waals surface area contributed by atoms with Gasteiger partial charge in [-0.25, -0.2) is 0 Å². The molecule has 1 aliphatic heterocycles. The summed E-state index contributed by atoms with van der Waals surface area (Å²) in [5.41, 5.74) is 8.92. The van der Waals surface area contributed by atoms with Gasteiger partial charge in [0.05, 0.1) is 0 Å². The number of nitrogens with two attached hydrogens (primary N) is 1. The van der Waals surface area contributed by atoms with Gasteiger partial charge in [0.25, 0.3) is 0 Å². The molecule has 1 atom stereocenters. The molecule has 1 unspecified atom stereocenters. The van der Waals surface area contributed by atoms with Gasteiger partial charge in [-0.2, -0.15) is 11.8 Å². The van der Waals surface area contributed by atoms with Crippen LogP contribution in [0.5, 0.6) is 0 Å². The molecule has 0 aromatic heterocycles. The van der Waals surface area contributed by atoms with E-state index < -0.39 is 0 Å². The maximum Gasteiger partial charge on any atom is 0.104 e. The van der Waals surface area contributed by atoms with Crippen molar-refractivity contribution in [1.82, 2.24) is 0 Å². The molecular weight excluding hydrogens is 236 g/mol. The number of rotatable bonds is 3. The number of benzene rings is 1. The van der Waals surface area contributed by atoms with E-state index in [9.17, 15) is 0 Å². The minimum Gasteiger partial charge on any atom is -0.389 e. The summed E-state index contributed by atoms with van der Waals surface area (Å²) in [5, 5.41) is 3.54. The van der Waals surface area contributed by atoms with Gasteiger partial charge < -0.3 is 11.1 Å². The Morgan fingerprint density at radius 1 is 1.56 bits per heavy atom. The fourth-order valence-corrected chi connectivity index (χ4v) is 3.30. The number of thiocarbonyl (C=S) groups is 1. The van der Waals surface area contributed by atoms with Crippen molar-refractivity contribution in [3.8, 4) is 0 Å². The third-order valence-corrected chi connectivity index (χ3v) is 4.17. The van der Waals surface area contributed by atoms with E-state index >= 15 is 0 Å². The number of anilines is 1. The van der Waals surface area contributed by atoms with Crippen LogP contribution in [0.3, 0.4) is 0 Å². The minimum absolute atomic E-state index is 0.473. The summed E-state index contributed by atoms with van der Waals surface area (Å²) in [4.78, 5) is 0.473. The van der Waals surface area contributed by atoms with Crippen LogP contribution < -0.4 is 11.1 Å². The van der Waals surface area contributed by atoms with Gasteiger partial charge in [0.1, 0.15) is 4.99 Å². The van der Waals surface area contributed by atoms with Gasteiger partial charge in [-0.15, -0.1) is 0 Å². The zero-order chi connectivity index (χ0) is 11.5. The number of nitrogens with one attached hydrogen (secondary N) is 1. The lowest BCUT2D eigenvalue weighted by Gasteiger charge is -2.14. The highest BCUT2D eigenvalue weighted by Gasteiger charge is 2.15. The molecule has 2 rings (SSSR count). The predicted molar refractivity (Wildman–Crippen MR) is 76.4 cm³/mol. The van der Waals surface area contributed by atoms with Gasteiger partial charge in [0, 0.05) is 23.0 Å². The Bertz CT molecular complexity index is 398. The zero-order valence-electron chi connectivity index (χ0n) is 9.32. The molecule has 16 heavy (non-hydrogen) atoms. The largest absolute Gasteiger partial charge is 0.389 e. The van der Waals surface area contributed by atoms with Crippen LogP contribution in [0.4, 0.5) is 5.69 Å². The molecule has 3 N–H and O–H groups in total. The molecule has 2 nitrogen and oxygen atoms in total. The highest BCUT2D eigenvalue weighted by molar-refractivity contribution is 7.99. The van der Waals surface area contributed by atoms with Crippen LogP contribution in [0, 0.1) is 6.92 Å². The Labute approximate surface area is 106 Å². The van der Waals surface area contributed by atoms with E-state index in [1.54, 1.807) is 0 Å². The van der Waals surface area contributed by atoms with Crippen LogP contribution in [0.2, 0.25) is 0 Å². The van der Waals surface area contributed by atoms with Gasteiger partial charge in [0.2, 0.25) is 0 Å². The van der Waals surface area contributed by atoms with E-state index in [1.807, 2.05) is 24.8 Å². The lowest BCUT2D eigenvalue weighted by molar-refractivity contribution is 0.813. The molecule has 0 saturated carbocycles. The summed E-state index contributed by atoms with van der Waals surface area (Å²) in [6.07, 6.45) is 1.25.